The molecule has 1 fully saturated rings. The van der Waals surface area contributed by atoms with Crippen molar-refractivity contribution in [3.8, 4) is 34.0 Å². The van der Waals surface area contributed by atoms with Gasteiger partial charge in [-0.2, -0.15) is 10.1 Å². The van der Waals surface area contributed by atoms with Crippen LogP contribution in [0.3, 0.4) is 0 Å². The zero-order chi connectivity index (χ0) is 22.5. The largest absolute Gasteiger partial charge is 0.474 e. The molecule has 2 aromatic heterocycles. The molecule has 0 aliphatic carbocycles. The number of aromatic nitrogens is 3. The Labute approximate surface area is 203 Å². The quantitative estimate of drug-likeness (QED) is 0.313. The number of fused-ring (bicyclic) bond motifs is 3. The third-order valence-corrected chi connectivity index (χ3v) is 7.94. The minimum absolute atomic E-state index is 0.0292. The predicted octanol–water partition coefficient (Wildman–Crippen LogP) is 5.98. The van der Waals surface area contributed by atoms with E-state index in [1.807, 2.05) is 16.7 Å². The number of halogens is 1. The maximum Gasteiger partial charge on any atom is 0.225 e. The fourth-order valence-corrected chi connectivity index (χ4v) is 6.19. The number of nitrogens with zero attached hydrogens (tertiary/aromatic N) is 3. The van der Waals surface area contributed by atoms with Crippen LogP contribution in [0.1, 0.15) is 46.1 Å². The lowest BCUT2D eigenvalue weighted by molar-refractivity contribution is 0.0525. The van der Waals surface area contributed by atoms with Crippen LogP contribution in [0.25, 0.3) is 22.3 Å². The Bertz CT molecular complexity index is 1140. The minimum atomic E-state index is 0.0292. The number of benzene rings is 1. The van der Waals surface area contributed by atoms with Crippen molar-refractivity contribution in [2.24, 2.45) is 0 Å². The van der Waals surface area contributed by atoms with Crippen LogP contribution < -0.4 is 14.8 Å². The molecule has 0 bridgehead atoms. The SMILES string of the molecule is CC1(C)CC(Oc2ccc3c(n2)OCc2cc(-c4cnn(PI)c4)ccc2-3)CC(C)(C)N1. The first-order chi connectivity index (χ1) is 15.2. The molecule has 0 spiro atoms. The van der Waals surface area contributed by atoms with Crippen molar-refractivity contribution in [2.75, 3.05) is 0 Å². The average molecular weight is 562 g/mol. The summed E-state index contributed by atoms with van der Waals surface area (Å²) in [6, 6.07) is 10.5. The second-order valence-corrected chi connectivity index (χ2v) is 12.0. The van der Waals surface area contributed by atoms with Crippen LogP contribution >= 0.6 is 28.4 Å². The highest BCUT2D eigenvalue weighted by Gasteiger charge is 2.39. The van der Waals surface area contributed by atoms with Crippen LogP contribution in [0.5, 0.6) is 11.8 Å². The van der Waals surface area contributed by atoms with E-state index < -0.39 is 0 Å². The van der Waals surface area contributed by atoms with Gasteiger partial charge in [-0.25, -0.2) is 4.45 Å². The molecule has 0 amide bonds. The summed E-state index contributed by atoms with van der Waals surface area (Å²) in [7, 11) is 0. The molecule has 1 saturated heterocycles. The molecule has 1 N–H and O–H groups in total. The lowest BCUT2D eigenvalue weighted by Crippen LogP contribution is -2.60. The molecule has 168 valence electrons. The molecule has 6 nitrogen and oxygen atoms in total. The van der Waals surface area contributed by atoms with Crippen LogP contribution in [-0.2, 0) is 6.61 Å². The summed E-state index contributed by atoms with van der Waals surface area (Å²) in [4.78, 5) is 4.72. The lowest BCUT2D eigenvalue weighted by Gasteiger charge is -2.46. The van der Waals surface area contributed by atoms with E-state index in [1.165, 1.54) is 5.56 Å². The van der Waals surface area contributed by atoms with Crippen LogP contribution in [0, 0.1) is 0 Å². The monoisotopic (exact) mass is 562 g/mol. The van der Waals surface area contributed by atoms with Gasteiger partial charge in [0.05, 0.1) is 12.6 Å². The van der Waals surface area contributed by atoms with Crippen molar-refractivity contribution in [2.45, 2.75) is 64.3 Å². The zero-order valence-electron chi connectivity index (χ0n) is 18.8. The van der Waals surface area contributed by atoms with Crippen molar-refractivity contribution < 1.29 is 9.47 Å². The minimum Gasteiger partial charge on any atom is -0.474 e. The Morgan fingerprint density at radius 3 is 2.56 bits per heavy atom. The van der Waals surface area contributed by atoms with Crippen molar-refractivity contribution in [3.63, 3.8) is 0 Å². The molecule has 1 unspecified atom stereocenters. The van der Waals surface area contributed by atoms with Crippen LogP contribution in [0.2, 0.25) is 0 Å². The molecule has 4 heterocycles. The molecule has 3 aromatic rings. The van der Waals surface area contributed by atoms with Crippen LogP contribution in [0.4, 0.5) is 0 Å². The van der Waals surface area contributed by atoms with Gasteiger partial charge in [0, 0.05) is 47.3 Å². The second kappa shape index (κ2) is 8.26. The first-order valence-electron chi connectivity index (χ1n) is 10.9. The highest BCUT2D eigenvalue weighted by atomic mass is 127. The van der Waals surface area contributed by atoms with E-state index in [-0.39, 0.29) is 17.2 Å². The molecular formula is C24H28IN4O2P. The van der Waals surface area contributed by atoms with E-state index in [0.29, 0.717) is 24.7 Å². The van der Waals surface area contributed by atoms with Crippen molar-refractivity contribution in [1.82, 2.24) is 19.9 Å². The number of piperidine rings is 1. The van der Waals surface area contributed by atoms with E-state index in [9.17, 15) is 0 Å². The van der Waals surface area contributed by atoms with Gasteiger partial charge in [-0.15, -0.1) is 0 Å². The molecule has 1 aromatic carbocycles. The number of nitrogens with one attached hydrogen (secondary N) is 1. The average Bonchev–Trinajstić information content (AvgIpc) is 3.20. The molecular weight excluding hydrogens is 534 g/mol. The highest BCUT2D eigenvalue weighted by molar-refractivity contribution is 14.2. The summed E-state index contributed by atoms with van der Waals surface area (Å²) >= 11 is 2.33. The van der Waals surface area contributed by atoms with E-state index >= 15 is 0 Å². The standard InChI is InChI=1S/C24H28IN4O2P/c1-23(2)10-18(11-24(3,4)28-23)31-21-8-7-20-19-6-5-15(17-12-26-29(13-17)32-25)9-16(19)14-30-22(20)27-21/h5-9,12-13,18,28,32H,10-11,14H2,1-4H3. The maximum atomic E-state index is 6.33. The maximum absolute atomic E-state index is 6.33. The van der Waals surface area contributed by atoms with Crippen molar-refractivity contribution in [1.29, 1.82) is 0 Å². The van der Waals surface area contributed by atoms with Crippen LogP contribution in [0.15, 0.2) is 42.7 Å². The number of rotatable bonds is 4. The Balaban J connectivity index is 1.38. The van der Waals surface area contributed by atoms with E-state index in [2.05, 4.69) is 90.6 Å². The molecule has 5 rings (SSSR count). The Kier molecular flexibility index (Phi) is 5.71. The van der Waals surface area contributed by atoms with Crippen LogP contribution in [-0.4, -0.2) is 31.7 Å². The van der Waals surface area contributed by atoms with Gasteiger partial charge in [0.1, 0.15) is 12.7 Å². The Hall–Kier alpha value is -1.70. The molecule has 2 aliphatic rings. The van der Waals surface area contributed by atoms with Crippen molar-refractivity contribution in [3.05, 3.63) is 48.3 Å². The fraction of sp³-hybridized carbons (Fsp3) is 0.417. The van der Waals surface area contributed by atoms with Gasteiger partial charge in [-0.05, 0) is 78.6 Å². The molecule has 0 radical (unpaired) electrons. The molecule has 1 atom stereocenters. The fourth-order valence-electron chi connectivity index (χ4n) is 5.11. The van der Waals surface area contributed by atoms with Gasteiger partial charge >= 0.3 is 0 Å². The number of hydrogen-bond acceptors (Lipinski definition) is 5. The summed E-state index contributed by atoms with van der Waals surface area (Å²) in [6.07, 6.45) is 6.60. The lowest BCUT2D eigenvalue weighted by atomic mass is 9.81. The van der Waals surface area contributed by atoms with E-state index in [4.69, 9.17) is 14.5 Å². The number of pyridine rings is 1. The zero-order valence-corrected chi connectivity index (χ0v) is 21.9. The van der Waals surface area contributed by atoms with Gasteiger partial charge in [0.2, 0.25) is 11.8 Å². The summed E-state index contributed by atoms with van der Waals surface area (Å²) in [6.45, 7) is 9.42. The Morgan fingerprint density at radius 2 is 1.84 bits per heavy atom. The first kappa shape index (κ1) is 22.1. The molecule has 32 heavy (non-hydrogen) atoms. The first-order valence-corrected chi connectivity index (χ1v) is 14.9. The van der Waals surface area contributed by atoms with Gasteiger partial charge in [-0.1, -0.05) is 12.1 Å². The molecule has 0 saturated carbocycles. The molecule has 8 heteroatoms. The van der Waals surface area contributed by atoms with E-state index in [1.54, 1.807) is 0 Å². The van der Waals surface area contributed by atoms with Gasteiger partial charge in [0.15, 0.2) is 0 Å². The topological polar surface area (TPSA) is 61.2 Å². The summed E-state index contributed by atoms with van der Waals surface area (Å²) in [5.41, 5.74) is 5.68. The van der Waals surface area contributed by atoms with Gasteiger partial charge in [0.25, 0.3) is 0 Å². The Morgan fingerprint density at radius 1 is 1.09 bits per heavy atom. The van der Waals surface area contributed by atoms with Gasteiger partial charge < -0.3 is 14.8 Å². The smallest absolute Gasteiger partial charge is 0.225 e. The summed E-state index contributed by atoms with van der Waals surface area (Å²) in [5, 5.41) is 8.10. The predicted molar refractivity (Wildman–Crippen MR) is 138 cm³/mol. The summed E-state index contributed by atoms with van der Waals surface area (Å²) in [5.74, 6) is 1.28. The third-order valence-electron chi connectivity index (χ3n) is 6.04. The third kappa shape index (κ3) is 4.52. The van der Waals surface area contributed by atoms with Gasteiger partial charge in [-0.3, -0.25) is 0 Å². The highest BCUT2D eigenvalue weighted by Crippen LogP contribution is 2.40. The molecule has 2 aliphatic heterocycles. The summed E-state index contributed by atoms with van der Waals surface area (Å²) < 4.78 is 14.3. The number of ether oxygens (including phenoxy) is 2. The second-order valence-electron chi connectivity index (χ2n) is 9.96. The number of hydrogen-bond donors (Lipinski definition) is 1. The normalized spacial score (nSPS) is 19.4. The van der Waals surface area contributed by atoms with E-state index in [0.717, 1.165) is 35.1 Å². The van der Waals surface area contributed by atoms with Crippen molar-refractivity contribution >= 4 is 28.4 Å².